The first-order chi connectivity index (χ1) is 34.1. The molecule has 26 heteroatoms. The molecule has 1 aromatic carbocycles. The summed E-state index contributed by atoms with van der Waals surface area (Å²) in [6.45, 7) is 2.76. The number of carbonyl (C=O) groups excluding carboxylic acids is 10. The largest absolute Gasteiger partial charge is 0.508 e. The number of likely N-dealkylation sites (tertiary alicyclic amines) is 4. The summed E-state index contributed by atoms with van der Waals surface area (Å²) in [6.07, 6.45) is 0.564. The van der Waals surface area contributed by atoms with Crippen molar-refractivity contribution in [3.8, 4) is 5.75 Å². The van der Waals surface area contributed by atoms with E-state index < -0.39 is 151 Å². The lowest BCUT2D eigenvalue weighted by molar-refractivity contribution is -0.148. The van der Waals surface area contributed by atoms with Gasteiger partial charge in [-0.05, 0) is 89.3 Å². The molecule has 12 N–H and O–H groups in total. The van der Waals surface area contributed by atoms with Gasteiger partial charge in [0.1, 0.15) is 54.1 Å². The predicted octanol–water partition coefficient (Wildman–Crippen LogP) is -3.85. The molecule has 26 nitrogen and oxygen atoms in total. The van der Waals surface area contributed by atoms with Crippen LogP contribution in [-0.2, 0) is 64.0 Å². The average Bonchev–Trinajstić information content (AvgIpc) is 4.19. The van der Waals surface area contributed by atoms with Gasteiger partial charge in [-0.15, -0.1) is 0 Å². The maximum atomic E-state index is 14.1. The molecule has 0 saturated carbocycles. The first kappa shape index (κ1) is 55.5. The Hall–Kier alpha value is -7.38. The minimum atomic E-state index is -1.81. The first-order valence-electron chi connectivity index (χ1n) is 24.0. The summed E-state index contributed by atoms with van der Waals surface area (Å²) in [5.41, 5.74) is 11.9. The van der Waals surface area contributed by atoms with Gasteiger partial charge in [0.25, 0.3) is 0 Å². The zero-order chi connectivity index (χ0) is 53.0. The number of carboxylic acid groups (broad SMARTS) is 2. The van der Waals surface area contributed by atoms with Crippen LogP contribution in [0.5, 0.6) is 5.75 Å². The number of primary amides is 1. The number of phenols is 1. The normalized spacial score (nSPS) is 21.7. The van der Waals surface area contributed by atoms with Crippen molar-refractivity contribution in [2.45, 2.75) is 145 Å². The monoisotopic (exact) mass is 1010 g/mol. The van der Waals surface area contributed by atoms with E-state index in [2.05, 4.69) is 26.6 Å². The molecule has 4 fully saturated rings. The van der Waals surface area contributed by atoms with Crippen molar-refractivity contribution < 1.29 is 72.9 Å². The lowest BCUT2D eigenvalue weighted by atomic mass is 10.0. The molecule has 1 aromatic rings. The third kappa shape index (κ3) is 14.4. The van der Waals surface area contributed by atoms with E-state index in [1.807, 2.05) is 0 Å². The first-order valence-corrected chi connectivity index (χ1v) is 24.0. The van der Waals surface area contributed by atoms with Gasteiger partial charge in [0.05, 0.1) is 19.0 Å². The number of aliphatic carboxylic acids is 2. The zero-order valence-corrected chi connectivity index (χ0v) is 40.2. The maximum Gasteiger partial charge on any atom is 0.305 e. The second-order valence-electron chi connectivity index (χ2n) is 18.5. The van der Waals surface area contributed by atoms with Crippen molar-refractivity contribution in [1.82, 2.24) is 46.2 Å². The van der Waals surface area contributed by atoms with Crippen molar-refractivity contribution in [2.24, 2.45) is 11.5 Å². The number of rotatable bonds is 22. The Bertz CT molecular complexity index is 2260. The van der Waals surface area contributed by atoms with Crippen LogP contribution in [0.15, 0.2) is 24.3 Å². The smallest absolute Gasteiger partial charge is 0.305 e. The van der Waals surface area contributed by atoms with Crippen LogP contribution in [0.2, 0.25) is 0 Å². The van der Waals surface area contributed by atoms with Crippen LogP contribution in [-0.4, -0.2) is 193 Å². The fraction of sp³-hybridized carbons (Fsp3) is 0.609. The van der Waals surface area contributed by atoms with Crippen molar-refractivity contribution in [2.75, 3.05) is 32.7 Å². The van der Waals surface area contributed by atoms with Crippen molar-refractivity contribution in [3.05, 3.63) is 29.8 Å². The van der Waals surface area contributed by atoms with Gasteiger partial charge in [0.2, 0.25) is 59.1 Å². The molecule has 9 atom stereocenters. The minimum Gasteiger partial charge on any atom is -0.508 e. The van der Waals surface area contributed by atoms with Gasteiger partial charge >= 0.3 is 11.9 Å². The number of hydrogen-bond donors (Lipinski definition) is 10. The van der Waals surface area contributed by atoms with E-state index in [9.17, 15) is 72.9 Å². The molecule has 5 rings (SSSR count). The lowest BCUT2D eigenvalue weighted by Gasteiger charge is -2.33. The van der Waals surface area contributed by atoms with Gasteiger partial charge < -0.3 is 73.0 Å². The minimum absolute atomic E-state index is 0.0139. The zero-order valence-electron chi connectivity index (χ0n) is 40.2. The summed E-state index contributed by atoms with van der Waals surface area (Å²) in [4.78, 5) is 162. The predicted molar refractivity (Wildman–Crippen MR) is 249 cm³/mol. The number of benzene rings is 1. The molecule has 0 unspecified atom stereocenters. The highest BCUT2D eigenvalue weighted by molar-refractivity contribution is 5.99. The molecule has 4 aliphatic rings. The summed E-state index contributed by atoms with van der Waals surface area (Å²) >= 11 is 0. The summed E-state index contributed by atoms with van der Waals surface area (Å²) in [5.74, 6) is -10.3. The topological polar surface area (TPSA) is 391 Å². The number of nitrogens with one attached hydrogen (secondary N) is 5. The SMILES string of the molecule is C[C@H](N)C(=O)N1CCC[C@H]1C(=O)NCC(=O)N[C@@H](CC(=O)O)C(=O)N[C@@H](CCC(=O)O)C(=O)N1CCC[C@H]1C(=O)N[C@@H](C)C(=O)N1CCC[C@H]1C(=O)N1CCC[C@H]1C(=O)N[C@@H](Cc1ccc(O)cc1)C(N)=O. The Morgan fingerprint density at radius 2 is 1.12 bits per heavy atom. The third-order valence-corrected chi connectivity index (χ3v) is 13.2. The summed E-state index contributed by atoms with van der Waals surface area (Å²) in [7, 11) is 0. The van der Waals surface area contributed by atoms with E-state index in [0.717, 1.165) is 4.90 Å². The number of carboxylic acids is 2. The maximum absolute atomic E-state index is 14.1. The van der Waals surface area contributed by atoms with E-state index in [-0.39, 0.29) is 64.0 Å². The second-order valence-corrected chi connectivity index (χ2v) is 18.5. The van der Waals surface area contributed by atoms with Crippen LogP contribution in [0.25, 0.3) is 0 Å². The number of hydrogen-bond acceptors (Lipinski definition) is 14. The Morgan fingerprint density at radius 3 is 1.68 bits per heavy atom. The highest BCUT2D eigenvalue weighted by atomic mass is 16.4. The van der Waals surface area contributed by atoms with E-state index >= 15 is 0 Å². The van der Waals surface area contributed by atoms with E-state index in [1.165, 1.54) is 40.7 Å². The fourth-order valence-corrected chi connectivity index (χ4v) is 9.54. The van der Waals surface area contributed by atoms with Crippen molar-refractivity contribution in [3.63, 3.8) is 0 Å². The van der Waals surface area contributed by atoms with Gasteiger partial charge in [-0.3, -0.25) is 57.5 Å². The van der Waals surface area contributed by atoms with E-state index in [0.29, 0.717) is 31.2 Å². The number of amides is 10. The van der Waals surface area contributed by atoms with Crippen LogP contribution in [0.4, 0.5) is 0 Å². The van der Waals surface area contributed by atoms with Crippen LogP contribution >= 0.6 is 0 Å². The Kier molecular flexibility index (Phi) is 19.4. The second kappa shape index (κ2) is 25.1. The van der Waals surface area contributed by atoms with Gasteiger partial charge in [0.15, 0.2) is 0 Å². The molecule has 72 heavy (non-hydrogen) atoms. The molecule has 0 bridgehead atoms. The van der Waals surface area contributed by atoms with Crippen LogP contribution in [0.3, 0.4) is 0 Å². The molecule has 0 radical (unpaired) electrons. The molecule has 4 aliphatic heterocycles. The van der Waals surface area contributed by atoms with Gasteiger partial charge in [-0.1, -0.05) is 12.1 Å². The quantitative estimate of drug-likeness (QED) is 0.0532. The van der Waals surface area contributed by atoms with Crippen LogP contribution < -0.4 is 38.1 Å². The molecule has 0 aliphatic carbocycles. The van der Waals surface area contributed by atoms with Gasteiger partial charge in [-0.2, -0.15) is 0 Å². The number of nitrogens with two attached hydrogens (primary N) is 2. The molecule has 10 amide bonds. The molecule has 0 spiro atoms. The number of carbonyl (C=O) groups is 12. The highest BCUT2D eigenvalue weighted by Gasteiger charge is 2.45. The summed E-state index contributed by atoms with van der Waals surface area (Å²) in [6, 6.07) is -4.69. The van der Waals surface area contributed by atoms with Crippen molar-refractivity contribution in [1.29, 1.82) is 0 Å². The molecular formula is C46H65N11O15. The summed E-state index contributed by atoms with van der Waals surface area (Å²) in [5, 5.41) is 40.8. The molecular weight excluding hydrogens is 947 g/mol. The van der Waals surface area contributed by atoms with Crippen molar-refractivity contribution >= 4 is 71.0 Å². The third-order valence-electron chi connectivity index (χ3n) is 13.2. The van der Waals surface area contributed by atoms with Gasteiger partial charge in [-0.25, -0.2) is 0 Å². The Labute approximate surface area is 414 Å². The fourth-order valence-electron chi connectivity index (χ4n) is 9.54. The average molecular weight is 1010 g/mol. The standard InChI is InChI=1S/C46H65N11O15/c1-24(47)43(69)54-17-3-7-31(54)40(66)49-23-35(59)51-30(22-37(62)63)39(65)52-28(15-16-36(60)61)45(71)55-18-4-8-32(55)41(67)50-25(2)44(70)57-20-6-10-34(57)46(72)56-19-5-9-33(56)42(68)53-29(38(48)64)21-26-11-13-27(58)14-12-26/h11-14,24-25,28-34,58H,3-10,15-23,47H2,1-2H3,(H2,48,64)(H,49,66)(H,50,67)(H,51,59)(H,52,65)(H,53,68)(H,60,61)(H,62,63)/t24-,25-,28-,29-,30-,31-,32-,33-,34-/m0/s1. The molecule has 394 valence electrons. The number of aromatic hydroxyl groups is 1. The molecule has 4 saturated heterocycles. The Balaban J connectivity index is 1.19. The molecule has 0 aromatic heterocycles. The summed E-state index contributed by atoms with van der Waals surface area (Å²) < 4.78 is 0. The Morgan fingerprint density at radius 1 is 0.611 bits per heavy atom. The van der Waals surface area contributed by atoms with Crippen LogP contribution in [0.1, 0.15) is 90.0 Å². The van der Waals surface area contributed by atoms with E-state index in [1.54, 1.807) is 12.1 Å². The molecule has 4 heterocycles. The van der Waals surface area contributed by atoms with Crippen LogP contribution in [0, 0.1) is 0 Å². The lowest BCUT2D eigenvalue weighted by Crippen LogP contribution is -2.59. The number of nitrogens with zero attached hydrogens (tertiary/aromatic N) is 4. The number of phenolic OH excluding ortho intramolecular Hbond substituents is 1. The van der Waals surface area contributed by atoms with Gasteiger partial charge in [0, 0.05) is 39.0 Å². The van der Waals surface area contributed by atoms with E-state index in [4.69, 9.17) is 11.5 Å². The highest BCUT2D eigenvalue weighted by Crippen LogP contribution is 2.27.